The lowest BCUT2D eigenvalue weighted by molar-refractivity contribution is -0.138. The summed E-state index contributed by atoms with van der Waals surface area (Å²) in [5.74, 6) is 0.260. The molecule has 1 N–H and O–H groups in total. The van der Waals surface area contributed by atoms with Gasteiger partial charge < -0.3 is 5.32 Å². The largest absolute Gasteiger partial charge is 0.417 e. The van der Waals surface area contributed by atoms with Gasteiger partial charge in [0.15, 0.2) is 0 Å². The summed E-state index contributed by atoms with van der Waals surface area (Å²) in [6, 6.07) is 1.87. The Morgan fingerprint density at radius 1 is 1.30 bits per heavy atom. The van der Waals surface area contributed by atoms with Crippen LogP contribution in [0.25, 0.3) is 0 Å². The molecule has 126 valence electrons. The molecule has 0 bridgehead atoms. The van der Waals surface area contributed by atoms with Crippen LogP contribution in [0.1, 0.15) is 25.8 Å². The molecule has 0 aromatic carbocycles. The van der Waals surface area contributed by atoms with Crippen LogP contribution in [0.15, 0.2) is 23.4 Å². The van der Waals surface area contributed by atoms with Crippen molar-refractivity contribution in [1.82, 2.24) is 15.2 Å². The van der Waals surface area contributed by atoms with Gasteiger partial charge in [-0.25, -0.2) is 9.78 Å². The van der Waals surface area contributed by atoms with Crippen molar-refractivity contribution in [3.05, 3.63) is 23.9 Å². The summed E-state index contributed by atoms with van der Waals surface area (Å²) in [6.07, 6.45) is -3.07. The predicted octanol–water partition coefficient (Wildman–Crippen LogP) is 2.91. The first-order valence-corrected chi connectivity index (χ1v) is 7.90. The molecule has 2 rings (SSSR count). The van der Waals surface area contributed by atoms with E-state index in [1.165, 1.54) is 17.8 Å². The van der Waals surface area contributed by atoms with Gasteiger partial charge in [-0.15, -0.1) is 11.8 Å². The highest BCUT2D eigenvalue weighted by Gasteiger charge is 2.43. The second-order valence-electron chi connectivity index (χ2n) is 5.60. The molecule has 23 heavy (non-hydrogen) atoms. The molecule has 0 unspecified atom stereocenters. The standard InChI is InChI=1S/C14H16F3N3O2S/c1-13(2)11(21)20(12(22)19-13)6-3-7-23-10-5-4-9(8-18-10)14(15,16)17/h4-5,8H,3,6-7H2,1-2H3,(H,19,22). The van der Waals surface area contributed by atoms with Crippen molar-refractivity contribution in [2.45, 2.75) is 37.0 Å². The van der Waals surface area contributed by atoms with E-state index in [1.807, 2.05) is 0 Å². The molecule has 1 fully saturated rings. The molecule has 5 nitrogen and oxygen atoms in total. The van der Waals surface area contributed by atoms with Crippen molar-refractivity contribution >= 4 is 23.7 Å². The Bertz CT molecular complexity index is 602. The molecular weight excluding hydrogens is 331 g/mol. The van der Waals surface area contributed by atoms with Crippen LogP contribution in [-0.4, -0.2) is 39.7 Å². The molecule has 0 radical (unpaired) electrons. The molecule has 1 aliphatic heterocycles. The summed E-state index contributed by atoms with van der Waals surface area (Å²) in [5, 5.41) is 3.05. The molecule has 3 amide bonds. The fraction of sp³-hybridized carbons (Fsp3) is 0.500. The number of carbonyl (C=O) groups is 2. The molecule has 2 heterocycles. The number of urea groups is 1. The highest BCUT2D eigenvalue weighted by molar-refractivity contribution is 7.99. The normalized spacial score (nSPS) is 17.5. The summed E-state index contributed by atoms with van der Waals surface area (Å²) in [7, 11) is 0. The zero-order valence-corrected chi connectivity index (χ0v) is 13.4. The lowest BCUT2D eigenvalue weighted by Crippen LogP contribution is -2.40. The van der Waals surface area contributed by atoms with E-state index >= 15 is 0 Å². The van der Waals surface area contributed by atoms with Crippen LogP contribution >= 0.6 is 11.8 Å². The van der Waals surface area contributed by atoms with E-state index in [4.69, 9.17) is 0 Å². The SMILES string of the molecule is CC1(C)NC(=O)N(CCCSc2ccc(C(F)(F)F)cn2)C1=O. The van der Waals surface area contributed by atoms with Crippen molar-refractivity contribution in [3.63, 3.8) is 0 Å². The quantitative estimate of drug-likeness (QED) is 0.505. The minimum Gasteiger partial charge on any atom is -0.324 e. The lowest BCUT2D eigenvalue weighted by Gasteiger charge is -2.15. The van der Waals surface area contributed by atoms with Crippen LogP contribution < -0.4 is 5.32 Å². The van der Waals surface area contributed by atoms with E-state index in [2.05, 4.69) is 10.3 Å². The number of nitrogens with one attached hydrogen (secondary N) is 1. The van der Waals surface area contributed by atoms with E-state index in [0.29, 0.717) is 17.2 Å². The van der Waals surface area contributed by atoms with Crippen LogP contribution in [0.2, 0.25) is 0 Å². The molecule has 0 spiro atoms. The summed E-state index contributed by atoms with van der Waals surface area (Å²) >= 11 is 1.28. The first-order valence-electron chi connectivity index (χ1n) is 6.91. The van der Waals surface area contributed by atoms with Crippen molar-refractivity contribution in [1.29, 1.82) is 0 Å². The van der Waals surface area contributed by atoms with E-state index in [-0.39, 0.29) is 12.5 Å². The van der Waals surface area contributed by atoms with Crippen LogP contribution in [0.4, 0.5) is 18.0 Å². The molecule has 0 aliphatic carbocycles. The number of hydrogen-bond acceptors (Lipinski definition) is 4. The number of thioether (sulfide) groups is 1. The van der Waals surface area contributed by atoms with Gasteiger partial charge in [-0.05, 0) is 32.4 Å². The number of pyridine rings is 1. The minimum absolute atomic E-state index is 0.266. The molecule has 1 aromatic rings. The molecule has 0 atom stereocenters. The second kappa shape index (κ2) is 6.38. The third kappa shape index (κ3) is 4.15. The fourth-order valence-electron chi connectivity index (χ4n) is 2.05. The number of carbonyl (C=O) groups excluding carboxylic acids is 2. The number of nitrogens with zero attached hydrogens (tertiary/aromatic N) is 2. The molecule has 0 saturated carbocycles. The van der Waals surface area contributed by atoms with Gasteiger partial charge in [0.05, 0.1) is 10.6 Å². The van der Waals surface area contributed by atoms with E-state index in [0.717, 1.165) is 17.2 Å². The van der Waals surface area contributed by atoms with Crippen LogP contribution in [0, 0.1) is 0 Å². The molecule has 1 aliphatic rings. The van der Waals surface area contributed by atoms with Crippen molar-refractivity contribution in [2.75, 3.05) is 12.3 Å². The average molecular weight is 347 g/mol. The monoisotopic (exact) mass is 347 g/mol. The van der Waals surface area contributed by atoms with Crippen molar-refractivity contribution in [3.8, 4) is 0 Å². The van der Waals surface area contributed by atoms with Gasteiger partial charge in [-0.2, -0.15) is 13.2 Å². The van der Waals surface area contributed by atoms with Gasteiger partial charge in [0.25, 0.3) is 5.91 Å². The number of imide groups is 1. The number of hydrogen-bond donors (Lipinski definition) is 1. The second-order valence-corrected chi connectivity index (χ2v) is 6.71. The van der Waals surface area contributed by atoms with Gasteiger partial charge in [-0.3, -0.25) is 9.69 Å². The van der Waals surface area contributed by atoms with Gasteiger partial charge >= 0.3 is 12.2 Å². The van der Waals surface area contributed by atoms with Crippen LogP contribution in [-0.2, 0) is 11.0 Å². The third-order valence-corrected chi connectivity index (χ3v) is 4.31. The Hall–Kier alpha value is -1.77. The minimum atomic E-state index is -4.40. The third-order valence-electron chi connectivity index (χ3n) is 3.28. The van der Waals surface area contributed by atoms with Crippen molar-refractivity contribution < 1.29 is 22.8 Å². The molecule has 9 heteroatoms. The first kappa shape index (κ1) is 17.6. The molecular formula is C14H16F3N3O2S. The zero-order valence-electron chi connectivity index (χ0n) is 12.6. The number of amides is 3. The highest BCUT2D eigenvalue weighted by Crippen LogP contribution is 2.29. The smallest absolute Gasteiger partial charge is 0.324 e. The fourth-order valence-corrected chi connectivity index (χ4v) is 2.83. The number of halogens is 3. The number of aromatic nitrogens is 1. The maximum absolute atomic E-state index is 12.4. The predicted molar refractivity (Wildman–Crippen MR) is 78.9 cm³/mol. The summed E-state index contributed by atoms with van der Waals surface area (Å²) in [6.45, 7) is 3.53. The maximum Gasteiger partial charge on any atom is 0.417 e. The average Bonchev–Trinajstić information content (AvgIpc) is 2.64. The van der Waals surface area contributed by atoms with E-state index < -0.39 is 23.3 Å². The molecule has 1 aromatic heterocycles. The van der Waals surface area contributed by atoms with E-state index in [9.17, 15) is 22.8 Å². The number of rotatable bonds is 5. The van der Waals surface area contributed by atoms with Crippen LogP contribution in [0.3, 0.4) is 0 Å². The van der Waals surface area contributed by atoms with Crippen molar-refractivity contribution in [2.24, 2.45) is 0 Å². The highest BCUT2D eigenvalue weighted by atomic mass is 32.2. The Kier molecular flexibility index (Phi) is 4.88. The maximum atomic E-state index is 12.4. The number of alkyl halides is 3. The Balaban J connectivity index is 1.80. The molecule has 1 saturated heterocycles. The van der Waals surface area contributed by atoms with Gasteiger partial charge in [0, 0.05) is 18.5 Å². The summed E-state index contributed by atoms with van der Waals surface area (Å²) in [5.41, 5.74) is -1.68. The lowest BCUT2D eigenvalue weighted by atomic mass is 10.1. The van der Waals surface area contributed by atoms with E-state index in [1.54, 1.807) is 13.8 Å². The Morgan fingerprint density at radius 2 is 2.00 bits per heavy atom. The summed E-state index contributed by atoms with van der Waals surface area (Å²) < 4.78 is 37.2. The first-order chi connectivity index (χ1) is 10.6. The van der Waals surface area contributed by atoms with Gasteiger partial charge in [0.2, 0.25) is 0 Å². The topological polar surface area (TPSA) is 62.3 Å². The van der Waals surface area contributed by atoms with Gasteiger partial charge in [-0.1, -0.05) is 0 Å². The zero-order chi connectivity index (χ0) is 17.3. The Morgan fingerprint density at radius 3 is 2.48 bits per heavy atom. The Labute approximate surface area is 135 Å². The van der Waals surface area contributed by atoms with Crippen LogP contribution in [0.5, 0.6) is 0 Å². The summed E-state index contributed by atoms with van der Waals surface area (Å²) in [4.78, 5) is 28.5. The van der Waals surface area contributed by atoms with Gasteiger partial charge in [0.1, 0.15) is 5.54 Å².